The Bertz CT molecular complexity index is 721. The fourth-order valence-electron chi connectivity index (χ4n) is 1.88. The van der Waals surface area contributed by atoms with Crippen molar-refractivity contribution in [3.63, 3.8) is 0 Å². The number of carboxylic acids is 1. The summed E-state index contributed by atoms with van der Waals surface area (Å²) in [6.07, 6.45) is -0.703. The minimum atomic E-state index is -1.16. The van der Waals surface area contributed by atoms with E-state index in [0.717, 1.165) is 5.56 Å². The fraction of sp³-hybridized carbons (Fsp3) is 0.188. The van der Waals surface area contributed by atoms with Gasteiger partial charge in [0.15, 0.2) is 0 Å². The standard InChI is InChI=1S/C16H14N2O4S/c17-8-13-6-12(10-23-13)7-14(15(19)20)18-16(21)22-9-11-4-2-1-3-5-11/h1-6,10,14H,7,9H2,(H,18,21)(H,19,20). The number of carbonyl (C=O) groups is 2. The number of nitriles is 1. The molecule has 1 unspecified atom stereocenters. The number of alkyl carbamates (subject to hydrolysis) is 1. The van der Waals surface area contributed by atoms with E-state index in [0.29, 0.717) is 10.4 Å². The van der Waals surface area contributed by atoms with Gasteiger partial charge in [-0.25, -0.2) is 9.59 Å². The molecule has 0 saturated heterocycles. The first-order valence-corrected chi connectivity index (χ1v) is 7.64. The summed E-state index contributed by atoms with van der Waals surface area (Å²) in [6.45, 7) is 0.0655. The summed E-state index contributed by atoms with van der Waals surface area (Å²) in [6, 6.07) is 11.6. The number of rotatable bonds is 6. The number of benzene rings is 1. The number of carboxylic acid groups (broad SMARTS) is 1. The van der Waals surface area contributed by atoms with Crippen molar-refractivity contribution >= 4 is 23.4 Å². The molecular formula is C16H14N2O4S. The van der Waals surface area contributed by atoms with E-state index >= 15 is 0 Å². The first-order chi connectivity index (χ1) is 11.1. The van der Waals surface area contributed by atoms with Crippen molar-refractivity contribution in [1.29, 1.82) is 5.26 Å². The van der Waals surface area contributed by atoms with Gasteiger partial charge in [0.05, 0.1) is 0 Å². The predicted octanol–water partition coefficient (Wildman–Crippen LogP) is 2.54. The maximum atomic E-state index is 11.7. The highest BCUT2D eigenvalue weighted by atomic mass is 32.1. The molecule has 0 saturated carbocycles. The summed E-state index contributed by atoms with van der Waals surface area (Å²) >= 11 is 1.23. The zero-order valence-electron chi connectivity index (χ0n) is 12.1. The predicted molar refractivity (Wildman–Crippen MR) is 83.9 cm³/mol. The van der Waals surface area contributed by atoms with Gasteiger partial charge >= 0.3 is 12.1 Å². The second-order valence-electron chi connectivity index (χ2n) is 4.73. The third-order valence-corrected chi connectivity index (χ3v) is 3.89. The average Bonchev–Trinajstić information content (AvgIpc) is 3.01. The zero-order chi connectivity index (χ0) is 16.7. The van der Waals surface area contributed by atoms with E-state index in [2.05, 4.69) is 5.32 Å². The smallest absolute Gasteiger partial charge is 0.408 e. The van der Waals surface area contributed by atoms with E-state index in [4.69, 9.17) is 10.00 Å². The maximum Gasteiger partial charge on any atom is 0.408 e. The van der Waals surface area contributed by atoms with Gasteiger partial charge < -0.3 is 15.2 Å². The van der Waals surface area contributed by atoms with Crippen molar-refractivity contribution in [3.05, 3.63) is 57.8 Å². The number of nitrogens with one attached hydrogen (secondary N) is 1. The summed E-state index contributed by atoms with van der Waals surface area (Å²) in [5.74, 6) is -1.16. The minimum absolute atomic E-state index is 0.0655. The molecule has 0 fully saturated rings. The lowest BCUT2D eigenvalue weighted by Gasteiger charge is -2.14. The molecule has 2 N–H and O–H groups in total. The van der Waals surface area contributed by atoms with Crippen molar-refractivity contribution in [1.82, 2.24) is 5.32 Å². The SMILES string of the molecule is N#Cc1cc(CC(NC(=O)OCc2ccccc2)C(=O)O)cs1. The van der Waals surface area contributed by atoms with Crippen LogP contribution in [-0.4, -0.2) is 23.2 Å². The van der Waals surface area contributed by atoms with Gasteiger partial charge in [0.25, 0.3) is 0 Å². The Morgan fingerprint density at radius 3 is 2.65 bits per heavy atom. The van der Waals surface area contributed by atoms with Crippen LogP contribution in [0.4, 0.5) is 4.79 Å². The molecule has 0 aliphatic rings. The zero-order valence-corrected chi connectivity index (χ0v) is 12.9. The lowest BCUT2D eigenvalue weighted by atomic mass is 10.1. The van der Waals surface area contributed by atoms with Gasteiger partial charge in [-0.3, -0.25) is 0 Å². The van der Waals surface area contributed by atoms with Gasteiger partial charge in [0.1, 0.15) is 23.6 Å². The maximum absolute atomic E-state index is 11.7. The van der Waals surface area contributed by atoms with Crippen LogP contribution >= 0.6 is 11.3 Å². The Morgan fingerprint density at radius 1 is 1.30 bits per heavy atom. The van der Waals surface area contributed by atoms with Crippen LogP contribution in [0.3, 0.4) is 0 Å². The van der Waals surface area contributed by atoms with Crippen LogP contribution in [0.2, 0.25) is 0 Å². The first kappa shape index (κ1) is 16.5. The first-order valence-electron chi connectivity index (χ1n) is 6.76. The second kappa shape index (κ2) is 7.96. The molecule has 6 nitrogen and oxygen atoms in total. The highest BCUT2D eigenvalue weighted by molar-refractivity contribution is 7.10. The molecule has 0 aliphatic carbocycles. The quantitative estimate of drug-likeness (QED) is 0.848. The largest absolute Gasteiger partial charge is 0.480 e. The van der Waals surface area contributed by atoms with Crippen molar-refractivity contribution in [2.45, 2.75) is 19.1 Å². The Kier molecular flexibility index (Phi) is 5.72. The third-order valence-electron chi connectivity index (χ3n) is 3.01. The molecule has 118 valence electrons. The van der Waals surface area contributed by atoms with Gasteiger partial charge in [0.2, 0.25) is 0 Å². The molecule has 1 heterocycles. The van der Waals surface area contributed by atoms with Gasteiger partial charge in [0, 0.05) is 6.42 Å². The lowest BCUT2D eigenvalue weighted by Crippen LogP contribution is -2.42. The van der Waals surface area contributed by atoms with Crippen LogP contribution in [0.15, 0.2) is 41.8 Å². The summed E-state index contributed by atoms with van der Waals surface area (Å²) < 4.78 is 5.01. The highest BCUT2D eigenvalue weighted by Crippen LogP contribution is 2.15. The number of nitrogens with zero attached hydrogens (tertiary/aromatic N) is 1. The number of ether oxygens (including phenoxy) is 1. The number of amides is 1. The van der Waals surface area contributed by atoms with Crippen molar-refractivity contribution in [2.24, 2.45) is 0 Å². The van der Waals surface area contributed by atoms with Crippen LogP contribution < -0.4 is 5.32 Å². The number of hydrogen-bond acceptors (Lipinski definition) is 5. The lowest BCUT2D eigenvalue weighted by molar-refractivity contribution is -0.139. The molecule has 1 amide bonds. The van der Waals surface area contributed by atoms with Crippen molar-refractivity contribution in [3.8, 4) is 6.07 Å². The van der Waals surface area contributed by atoms with Crippen molar-refractivity contribution < 1.29 is 19.4 Å². The Morgan fingerprint density at radius 2 is 2.04 bits per heavy atom. The molecule has 1 aromatic heterocycles. The van der Waals surface area contributed by atoms with Crippen LogP contribution in [0, 0.1) is 11.3 Å². The van der Waals surface area contributed by atoms with Crippen LogP contribution in [0.25, 0.3) is 0 Å². The topological polar surface area (TPSA) is 99.4 Å². The normalized spacial score (nSPS) is 11.3. The summed E-state index contributed by atoms with van der Waals surface area (Å²) in [5, 5.41) is 22.0. The summed E-state index contributed by atoms with van der Waals surface area (Å²) in [5.41, 5.74) is 1.49. The molecule has 23 heavy (non-hydrogen) atoms. The summed E-state index contributed by atoms with van der Waals surface area (Å²) in [7, 11) is 0. The molecule has 2 aromatic rings. The van der Waals surface area contributed by atoms with E-state index in [-0.39, 0.29) is 13.0 Å². The molecule has 2 rings (SSSR count). The van der Waals surface area contributed by atoms with E-state index < -0.39 is 18.1 Å². The van der Waals surface area contributed by atoms with Crippen LogP contribution in [0.5, 0.6) is 0 Å². The average molecular weight is 330 g/mol. The molecule has 0 aliphatic heterocycles. The molecule has 0 radical (unpaired) electrons. The van der Waals surface area contributed by atoms with Gasteiger partial charge in [-0.2, -0.15) is 5.26 Å². The summed E-state index contributed by atoms with van der Waals surface area (Å²) in [4.78, 5) is 23.5. The van der Waals surface area contributed by atoms with Gasteiger partial charge in [-0.15, -0.1) is 11.3 Å². The number of thiophene rings is 1. The Hall–Kier alpha value is -2.85. The van der Waals surface area contributed by atoms with Crippen molar-refractivity contribution in [2.75, 3.05) is 0 Å². The van der Waals surface area contributed by atoms with Crippen LogP contribution in [-0.2, 0) is 22.6 Å². The molecule has 1 atom stereocenters. The number of aliphatic carboxylic acids is 1. The Balaban J connectivity index is 1.89. The molecule has 0 bridgehead atoms. The minimum Gasteiger partial charge on any atom is -0.480 e. The molecular weight excluding hydrogens is 316 g/mol. The second-order valence-corrected chi connectivity index (χ2v) is 5.64. The molecule has 0 spiro atoms. The van der Waals surface area contributed by atoms with E-state index in [1.54, 1.807) is 23.6 Å². The third kappa shape index (κ3) is 5.13. The van der Waals surface area contributed by atoms with E-state index in [1.165, 1.54) is 11.3 Å². The van der Waals surface area contributed by atoms with E-state index in [9.17, 15) is 14.7 Å². The van der Waals surface area contributed by atoms with Gasteiger partial charge in [-0.05, 0) is 22.6 Å². The highest BCUT2D eigenvalue weighted by Gasteiger charge is 2.21. The van der Waals surface area contributed by atoms with Crippen LogP contribution in [0.1, 0.15) is 16.0 Å². The Labute approximate surface area is 136 Å². The molecule has 1 aromatic carbocycles. The fourth-order valence-corrected chi connectivity index (χ4v) is 2.60. The monoisotopic (exact) mass is 330 g/mol. The van der Waals surface area contributed by atoms with Gasteiger partial charge in [-0.1, -0.05) is 30.3 Å². The molecule has 7 heteroatoms. The number of carbonyl (C=O) groups excluding carboxylic acids is 1. The van der Waals surface area contributed by atoms with E-state index in [1.807, 2.05) is 24.3 Å². The number of hydrogen-bond donors (Lipinski definition) is 2.